The lowest BCUT2D eigenvalue weighted by molar-refractivity contribution is 0.171. The predicted molar refractivity (Wildman–Crippen MR) is 54.2 cm³/mol. The monoisotopic (exact) mass is 198 g/mol. The summed E-state index contributed by atoms with van der Waals surface area (Å²) in [6.07, 6.45) is 1.57. The number of rotatable bonds is 6. The van der Waals surface area contributed by atoms with Crippen LogP contribution in [0.1, 0.15) is 20.8 Å². The molecule has 0 unspecified atom stereocenters. The van der Waals surface area contributed by atoms with E-state index in [4.69, 9.17) is 4.74 Å². The Morgan fingerprint density at radius 2 is 2.36 bits per heavy atom. The first kappa shape index (κ1) is 11.0. The van der Waals surface area contributed by atoms with Gasteiger partial charge in [-0.2, -0.15) is 10.3 Å². The molecule has 0 radical (unpaired) electrons. The topological polar surface area (TPSA) is 62.8 Å². The fourth-order valence-corrected chi connectivity index (χ4v) is 1.04. The van der Waals surface area contributed by atoms with Crippen LogP contribution in [-0.4, -0.2) is 35.1 Å². The van der Waals surface area contributed by atoms with E-state index in [1.54, 1.807) is 6.20 Å². The summed E-state index contributed by atoms with van der Waals surface area (Å²) in [5.41, 5.74) is 0.106. The Bertz CT molecular complexity index is 245. The van der Waals surface area contributed by atoms with Gasteiger partial charge in [-0.3, -0.25) is 0 Å². The van der Waals surface area contributed by atoms with Crippen molar-refractivity contribution >= 4 is 0 Å². The fourth-order valence-electron chi connectivity index (χ4n) is 1.04. The molecule has 0 amide bonds. The van der Waals surface area contributed by atoms with Gasteiger partial charge >= 0.3 is 0 Å². The largest absolute Gasteiger partial charge is 0.475 e. The number of H-pyrrole nitrogens is 1. The second-order valence-electron chi connectivity index (χ2n) is 4.04. The van der Waals surface area contributed by atoms with Crippen molar-refractivity contribution in [1.82, 2.24) is 20.7 Å². The van der Waals surface area contributed by atoms with E-state index in [0.29, 0.717) is 12.5 Å². The molecule has 0 saturated heterocycles. The van der Waals surface area contributed by atoms with E-state index in [-0.39, 0.29) is 5.41 Å². The molecule has 2 N–H and O–H groups in total. The molecule has 80 valence electrons. The van der Waals surface area contributed by atoms with Gasteiger partial charge < -0.3 is 10.1 Å². The Balaban J connectivity index is 2.28. The number of ether oxygens (including phenoxy) is 1. The Morgan fingerprint density at radius 1 is 1.57 bits per heavy atom. The molecule has 1 heterocycles. The normalized spacial score (nSPS) is 11.6. The van der Waals surface area contributed by atoms with Crippen LogP contribution in [-0.2, 0) is 0 Å². The van der Waals surface area contributed by atoms with Gasteiger partial charge in [-0.25, -0.2) is 0 Å². The van der Waals surface area contributed by atoms with Gasteiger partial charge in [0.15, 0.2) is 0 Å². The van der Waals surface area contributed by atoms with Crippen LogP contribution in [0.5, 0.6) is 5.88 Å². The van der Waals surface area contributed by atoms with Crippen molar-refractivity contribution in [2.45, 2.75) is 20.8 Å². The quantitative estimate of drug-likeness (QED) is 0.710. The third-order valence-electron chi connectivity index (χ3n) is 1.86. The molecule has 0 aliphatic carbocycles. The molecule has 0 aliphatic rings. The van der Waals surface area contributed by atoms with E-state index in [1.807, 2.05) is 0 Å². The zero-order chi connectivity index (χ0) is 10.4. The van der Waals surface area contributed by atoms with E-state index in [1.165, 1.54) is 0 Å². The maximum Gasteiger partial charge on any atom is 0.253 e. The molecule has 0 bridgehead atoms. The summed E-state index contributed by atoms with van der Waals surface area (Å²) >= 11 is 0. The minimum absolute atomic E-state index is 0.106. The highest BCUT2D eigenvalue weighted by atomic mass is 16.5. The molecule has 0 aliphatic heterocycles. The van der Waals surface area contributed by atoms with E-state index >= 15 is 0 Å². The van der Waals surface area contributed by atoms with Gasteiger partial charge in [0.2, 0.25) is 0 Å². The Labute approximate surface area is 84.2 Å². The van der Waals surface area contributed by atoms with Crippen LogP contribution in [0.2, 0.25) is 0 Å². The number of nitrogens with one attached hydrogen (secondary N) is 2. The number of aromatic nitrogens is 3. The Hall–Kier alpha value is -1.10. The van der Waals surface area contributed by atoms with Crippen LogP contribution in [0.4, 0.5) is 0 Å². The van der Waals surface area contributed by atoms with Crippen molar-refractivity contribution in [2.75, 3.05) is 19.7 Å². The van der Waals surface area contributed by atoms with Crippen LogP contribution in [0.3, 0.4) is 0 Å². The summed E-state index contributed by atoms with van der Waals surface area (Å²) < 4.78 is 5.46. The van der Waals surface area contributed by atoms with Crippen molar-refractivity contribution in [2.24, 2.45) is 5.41 Å². The Morgan fingerprint density at radius 3 is 2.93 bits per heavy atom. The average molecular weight is 198 g/mol. The highest BCUT2D eigenvalue weighted by Gasteiger charge is 2.18. The molecule has 0 spiro atoms. The summed E-state index contributed by atoms with van der Waals surface area (Å²) in [7, 11) is 0. The van der Waals surface area contributed by atoms with Crippen molar-refractivity contribution < 1.29 is 4.74 Å². The third-order valence-corrected chi connectivity index (χ3v) is 1.86. The molecule has 0 saturated carbocycles. The van der Waals surface area contributed by atoms with Crippen LogP contribution < -0.4 is 10.1 Å². The fraction of sp³-hybridized carbons (Fsp3) is 0.778. The van der Waals surface area contributed by atoms with Crippen molar-refractivity contribution in [3.05, 3.63) is 6.20 Å². The summed E-state index contributed by atoms with van der Waals surface area (Å²) in [5.74, 6) is 0.551. The maximum absolute atomic E-state index is 5.46. The van der Waals surface area contributed by atoms with Crippen LogP contribution in [0.25, 0.3) is 0 Å². The van der Waals surface area contributed by atoms with E-state index in [9.17, 15) is 0 Å². The molecule has 0 atom stereocenters. The lowest BCUT2D eigenvalue weighted by Gasteiger charge is -2.23. The summed E-state index contributed by atoms with van der Waals surface area (Å²) in [4.78, 5) is 0. The standard InChI is InChI=1S/C9H18N4O/c1-4-10-6-9(2,3)7-14-8-5-11-13-12-8/h5,10H,4,6-7H2,1-3H3,(H,11,12,13). The van der Waals surface area contributed by atoms with Crippen molar-refractivity contribution in [3.63, 3.8) is 0 Å². The molecule has 1 rings (SSSR count). The average Bonchev–Trinajstić information content (AvgIpc) is 2.64. The third kappa shape index (κ3) is 3.74. The zero-order valence-electron chi connectivity index (χ0n) is 9.00. The lowest BCUT2D eigenvalue weighted by atomic mass is 9.95. The molecular formula is C9H18N4O. The van der Waals surface area contributed by atoms with Crippen LogP contribution >= 0.6 is 0 Å². The van der Waals surface area contributed by atoms with Gasteiger partial charge in [-0.1, -0.05) is 20.8 Å². The second-order valence-corrected chi connectivity index (χ2v) is 4.04. The van der Waals surface area contributed by atoms with Crippen molar-refractivity contribution in [3.8, 4) is 5.88 Å². The van der Waals surface area contributed by atoms with Crippen molar-refractivity contribution in [1.29, 1.82) is 0 Å². The molecule has 5 nitrogen and oxygen atoms in total. The number of aromatic amines is 1. The van der Waals surface area contributed by atoms with E-state index in [0.717, 1.165) is 13.1 Å². The number of hydrogen-bond donors (Lipinski definition) is 2. The molecule has 5 heteroatoms. The van der Waals surface area contributed by atoms with E-state index < -0.39 is 0 Å². The molecule has 0 aromatic carbocycles. The highest BCUT2D eigenvalue weighted by molar-refractivity contribution is 4.97. The number of nitrogens with zero attached hydrogens (tertiary/aromatic N) is 2. The zero-order valence-corrected chi connectivity index (χ0v) is 9.00. The van der Waals surface area contributed by atoms with Gasteiger partial charge in [0.25, 0.3) is 5.88 Å². The van der Waals surface area contributed by atoms with Gasteiger partial charge in [-0.05, 0) is 6.54 Å². The highest BCUT2D eigenvalue weighted by Crippen LogP contribution is 2.15. The van der Waals surface area contributed by atoms with Gasteiger partial charge in [0, 0.05) is 12.0 Å². The second kappa shape index (κ2) is 4.95. The smallest absolute Gasteiger partial charge is 0.253 e. The van der Waals surface area contributed by atoms with Crippen LogP contribution in [0.15, 0.2) is 6.20 Å². The van der Waals surface area contributed by atoms with E-state index in [2.05, 4.69) is 41.5 Å². The number of hydrogen-bond acceptors (Lipinski definition) is 4. The Kier molecular flexibility index (Phi) is 3.88. The molecule has 1 aromatic rings. The van der Waals surface area contributed by atoms with Gasteiger partial charge in [0.1, 0.15) is 6.20 Å². The molecule has 1 aromatic heterocycles. The lowest BCUT2D eigenvalue weighted by Crippen LogP contribution is -2.34. The summed E-state index contributed by atoms with van der Waals surface area (Å²) in [5, 5.41) is 13.3. The molecule has 0 fully saturated rings. The minimum atomic E-state index is 0.106. The minimum Gasteiger partial charge on any atom is -0.475 e. The first-order chi connectivity index (χ1) is 6.64. The predicted octanol–water partition coefficient (Wildman–Crippen LogP) is 0.819. The SMILES string of the molecule is CCNCC(C)(C)COc1cn[nH]n1. The first-order valence-electron chi connectivity index (χ1n) is 4.83. The van der Waals surface area contributed by atoms with Gasteiger partial charge in [0.05, 0.1) is 6.61 Å². The van der Waals surface area contributed by atoms with Gasteiger partial charge in [-0.15, -0.1) is 5.10 Å². The molecular weight excluding hydrogens is 180 g/mol. The first-order valence-corrected chi connectivity index (χ1v) is 4.83. The summed E-state index contributed by atoms with van der Waals surface area (Å²) in [6, 6.07) is 0. The summed E-state index contributed by atoms with van der Waals surface area (Å²) in [6.45, 7) is 8.93. The van der Waals surface area contributed by atoms with Crippen LogP contribution in [0, 0.1) is 5.41 Å². The maximum atomic E-state index is 5.46. The molecule has 14 heavy (non-hydrogen) atoms.